The molecular formula is C16H18N4O4. The summed E-state index contributed by atoms with van der Waals surface area (Å²) in [5, 5.41) is 17.9. The van der Waals surface area contributed by atoms with Crippen LogP contribution in [0, 0.1) is 0 Å². The summed E-state index contributed by atoms with van der Waals surface area (Å²) in [5.41, 5.74) is 0.708. The minimum absolute atomic E-state index is 0.238. The molecule has 0 atom stereocenters. The number of benzene rings is 1. The zero-order valence-electron chi connectivity index (χ0n) is 13.2. The number of carbonyl (C=O) groups is 3. The number of carbonyl (C=O) groups excluding carboxylic acids is 2. The van der Waals surface area contributed by atoms with Crippen LogP contribution in [0.2, 0.25) is 0 Å². The quantitative estimate of drug-likeness (QED) is 0.709. The van der Waals surface area contributed by atoms with E-state index < -0.39 is 11.9 Å². The number of carboxylic acid groups (broad SMARTS) is 1. The normalized spacial score (nSPS) is 10.2. The molecular weight excluding hydrogens is 312 g/mol. The van der Waals surface area contributed by atoms with E-state index in [1.54, 1.807) is 18.2 Å². The second kappa shape index (κ2) is 7.91. The molecule has 8 nitrogen and oxygen atoms in total. The van der Waals surface area contributed by atoms with Gasteiger partial charge in [0.15, 0.2) is 5.82 Å². The van der Waals surface area contributed by atoms with Gasteiger partial charge in [-0.15, -0.1) is 0 Å². The molecule has 0 saturated carbocycles. The Morgan fingerprint density at radius 3 is 2.54 bits per heavy atom. The van der Waals surface area contributed by atoms with Gasteiger partial charge in [-0.2, -0.15) is 5.10 Å². The molecule has 0 fully saturated rings. The number of carboxylic acids is 1. The first kappa shape index (κ1) is 17.2. The molecule has 2 aromatic rings. The highest BCUT2D eigenvalue weighted by Crippen LogP contribution is 2.09. The average Bonchev–Trinajstić information content (AvgIpc) is 2.98. The van der Waals surface area contributed by atoms with Crippen LogP contribution in [0.3, 0.4) is 0 Å². The summed E-state index contributed by atoms with van der Waals surface area (Å²) in [7, 11) is 0. The van der Waals surface area contributed by atoms with E-state index >= 15 is 0 Å². The minimum atomic E-state index is -1.03. The first-order chi connectivity index (χ1) is 11.5. The third-order valence-corrected chi connectivity index (χ3v) is 3.10. The molecule has 24 heavy (non-hydrogen) atoms. The van der Waals surface area contributed by atoms with Gasteiger partial charge in [-0.3, -0.25) is 19.1 Å². The fraction of sp³-hybridized carbons (Fsp3) is 0.250. The predicted octanol–water partition coefficient (Wildman–Crippen LogP) is 1.36. The van der Waals surface area contributed by atoms with E-state index in [1.165, 1.54) is 23.0 Å². The molecule has 2 amide bonds. The molecule has 0 bridgehead atoms. The molecule has 1 aromatic carbocycles. The standard InChI is InChI=1S/C16H18N4O4/c1-2-7-17-15(23)11-4-3-5-12(9-11)16(24)18-13-6-8-20(19-13)10-14(21)22/h3-6,8-9H,2,7,10H2,1H3,(H,17,23)(H,21,22)(H,18,19,24). The first-order valence-corrected chi connectivity index (χ1v) is 7.44. The Morgan fingerprint density at radius 1 is 1.17 bits per heavy atom. The topological polar surface area (TPSA) is 113 Å². The maximum atomic E-state index is 12.2. The molecule has 0 unspecified atom stereocenters. The molecule has 8 heteroatoms. The molecule has 0 aliphatic heterocycles. The van der Waals surface area contributed by atoms with Crippen LogP contribution >= 0.6 is 0 Å². The van der Waals surface area contributed by atoms with Crippen LogP contribution in [0.25, 0.3) is 0 Å². The largest absolute Gasteiger partial charge is 0.480 e. The summed E-state index contributed by atoms with van der Waals surface area (Å²) in [5.74, 6) is -1.46. The van der Waals surface area contributed by atoms with Crippen molar-refractivity contribution in [3.05, 3.63) is 47.7 Å². The Balaban J connectivity index is 2.05. The third kappa shape index (κ3) is 4.67. The summed E-state index contributed by atoms with van der Waals surface area (Å²) >= 11 is 0. The SMILES string of the molecule is CCCNC(=O)c1cccc(C(=O)Nc2ccn(CC(=O)O)n2)c1. The van der Waals surface area contributed by atoms with Crippen molar-refractivity contribution < 1.29 is 19.5 Å². The number of anilines is 1. The van der Waals surface area contributed by atoms with Gasteiger partial charge in [-0.05, 0) is 24.6 Å². The van der Waals surface area contributed by atoms with Gasteiger partial charge in [0.25, 0.3) is 11.8 Å². The fourth-order valence-corrected chi connectivity index (χ4v) is 1.99. The van der Waals surface area contributed by atoms with Crippen molar-refractivity contribution in [1.29, 1.82) is 0 Å². The van der Waals surface area contributed by atoms with Gasteiger partial charge < -0.3 is 15.7 Å². The van der Waals surface area contributed by atoms with Crippen molar-refractivity contribution >= 4 is 23.6 Å². The highest BCUT2D eigenvalue weighted by molar-refractivity contribution is 6.05. The monoisotopic (exact) mass is 330 g/mol. The second-order valence-electron chi connectivity index (χ2n) is 5.08. The molecule has 1 aromatic heterocycles. The van der Waals surface area contributed by atoms with Crippen molar-refractivity contribution in [1.82, 2.24) is 15.1 Å². The Kier molecular flexibility index (Phi) is 5.67. The Bertz CT molecular complexity index is 754. The van der Waals surface area contributed by atoms with Crippen LogP contribution in [-0.2, 0) is 11.3 Å². The Morgan fingerprint density at radius 2 is 1.88 bits per heavy atom. The minimum Gasteiger partial charge on any atom is -0.480 e. The molecule has 2 rings (SSSR count). The van der Waals surface area contributed by atoms with Crippen molar-refractivity contribution in [2.75, 3.05) is 11.9 Å². The Labute approximate surface area is 138 Å². The number of hydrogen-bond acceptors (Lipinski definition) is 4. The lowest BCUT2D eigenvalue weighted by Gasteiger charge is -2.06. The van der Waals surface area contributed by atoms with Crippen molar-refractivity contribution in [2.24, 2.45) is 0 Å². The lowest BCUT2D eigenvalue weighted by Crippen LogP contribution is -2.24. The van der Waals surface area contributed by atoms with Gasteiger partial charge in [-0.1, -0.05) is 13.0 Å². The first-order valence-electron chi connectivity index (χ1n) is 7.44. The van der Waals surface area contributed by atoms with Crippen molar-refractivity contribution in [3.63, 3.8) is 0 Å². The molecule has 0 aliphatic rings. The number of nitrogens with one attached hydrogen (secondary N) is 2. The van der Waals surface area contributed by atoms with Crippen LogP contribution in [0.4, 0.5) is 5.82 Å². The highest BCUT2D eigenvalue weighted by atomic mass is 16.4. The number of nitrogens with zero attached hydrogens (tertiary/aromatic N) is 2. The van der Waals surface area contributed by atoms with E-state index in [0.717, 1.165) is 6.42 Å². The average molecular weight is 330 g/mol. The predicted molar refractivity (Wildman–Crippen MR) is 86.9 cm³/mol. The van der Waals surface area contributed by atoms with E-state index in [-0.39, 0.29) is 18.3 Å². The van der Waals surface area contributed by atoms with Gasteiger partial charge in [0, 0.05) is 29.9 Å². The van der Waals surface area contributed by atoms with Crippen LogP contribution in [-0.4, -0.2) is 39.2 Å². The van der Waals surface area contributed by atoms with Crippen molar-refractivity contribution in [3.8, 4) is 0 Å². The van der Waals surface area contributed by atoms with E-state index in [9.17, 15) is 14.4 Å². The van der Waals surface area contributed by atoms with E-state index in [0.29, 0.717) is 17.7 Å². The maximum Gasteiger partial charge on any atom is 0.325 e. The lowest BCUT2D eigenvalue weighted by molar-refractivity contribution is -0.137. The summed E-state index contributed by atoms with van der Waals surface area (Å²) in [6.45, 7) is 2.23. The van der Waals surface area contributed by atoms with Gasteiger partial charge in [0.1, 0.15) is 6.54 Å². The number of amides is 2. The van der Waals surface area contributed by atoms with Crippen LogP contribution < -0.4 is 10.6 Å². The third-order valence-electron chi connectivity index (χ3n) is 3.10. The summed E-state index contributed by atoms with van der Waals surface area (Å²) < 4.78 is 1.20. The summed E-state index contributed by atoms with van der Waals surface area (Å²) in [6.07, 6.45) is 2.28. The Hall–Kier alpha value is -3.16. The van der Waals surface area contributed by atoms with E-state index in [1.807, 2.05) is 6.92 Å². The van der Waals surface area contributed by atoms with Crippen LogP contribution in [0.5, 0.6) is 0 Å². The number of hydrogen-bond donors (Lipinski definition) is 3. The van der Waals surface area contributed by atoms with Gasteiger partial charge >= 0.3 is 5.97 Å². The molecule has 126 valence electrons. The second-order valence-corrected chi connectivity index (χ2v) is 5.08. The van der Waals surface area contributed by atoms with Gasteiger partial charge in [-0.25, -0.2) is 0 Å². The van der Waals surface area contributed by atoms with Crippen molar-refractivity contribution in [2.45, 2.75) is 19.9 Å². The fourth-order valence-electron chi connectivity index (χ4n) is 1.99. The van der Waals surface area contributed by atoms with Gasteiger partial charge in [0.2, 0.25) is 0 Å². The number of rotatable bonds is 7. The molecule has 0 radical (unpaired) electrons. The van der Waals surface area contributed by atoms with E-state index in [2.05, 4.69) is 15.7 Å². The summed E-state index contributed by atoms with van der Waals surface area (Å²) in [6, 6.07) is 7.83. The zero-order valence-corrected chi connectivity index (χ0v) is 13.2. The van der Waals surface area contributed by atoms with Gasteiger partial charge in [0.05, 0.1) is 0 Å². The lowest BCUT2D eigenvalue weighted by atomic mass is 10.1. The summed E-state index contributed by atoms with van der Waals surface area (Å²) in [4.78, 5) is 34.8. The van der Waals surface area contributed by atoms with E-state index in [4.69, 9.17) is 5.11 Å². The number of aromatic nitrogens is 2. The highest BCUT2D eigenvalue weighted by Gasteiger charge is 2.12. The zero-order chi connectivity index (χ0) is 17.5. The molecule has 0 aliphatic carbocycles. The molecule has 0 spiro atoms. The van der Waals surface area contributed by atoms with Crippen LogP contribution in [0.15, 0.2) is 36.5 Å². The molecule has 1 heterocycles. The maximum absolute atomic E-state index is 12.2. The number of aliphatic carboxylic acids is 1. The molecule has 0 saturated heterocycles. The smallest absolute Gasteiger partial charge is 0.325 e. The van der Waals surface area contributed by atoms with Crippen LogP contribution in [0.1, 0.15) is 34.1 Å². The molecule has 3 N–H and O–H groups in total.